The van der Waals surface area contributed by atoms with E-state index in [0.717, 1.165) is 19.6 Å². The van der Waals surface area contributed by atoms with E-state index in [9.17, 15) is 0 Å². The maximum atomic E-state index is 3.64. The Balaban J connectivity index is 1.69. The maximum Gasteiger partial charge on any atom is 0.0237 e. The summed E-state index contributed by atoms with van der Waals surface area (Å²) in [4.78, 5) is 2.58. The lowest BCUT2D eigenvalue weighted by molar-refractivity contribution is 0.233. The Labute approximate surface area is 140 Å². The molecule has 1 unspecified atom stereocenters. The topological polar surface area (TPSA) is 15.3 Å². The summed E-state index contributed by atoms with van der Waals surface area (Å²) in [6.07, 6.45) is 2.62. The van der Waals surface area contributed by atoms with Gasteiger partial charge in [0, 0.05) is 25.7 Å². The molecule has 1 atom stereocenters. The van der Waals surface area contributed by atoms with Crippen LogP contribution in [0.3, 0.4) is 0 Å². The molecule has 1 aliphatic rings. The largest absolute Gasteiger partial charge is 0.313 e. The average Bonchev–Trinajstić information content (AvgIpc) is 3.05. The Morgan fingerprint density at radius 2 is 1.39 bits per heavy atom. The molecule has 0 aromatic heterocycles. The molecule has 2 aromatic carbocycles. The first-order valence-electron chi connectivity index (χ1n) is 8.76. The molecule has 0 spiro atoms. The van der Waals surface area contributed by atoms with E-state index in [-0.39, 0.29) is 0 Å². The van der Waals surface area contributed by atoms with Crippen molar-refractivity contribution in [3.8, 4) is 0 Å². The third kappa shape index (κ3) is 4.92. The van der Waals surface area contributed by atoms with Gasteiger partial charge < -0.3 is 5.32 Å². The Morgan fingerprint density at radius 3 is 1.83 bits per heavy atom. The fourth-order valence-corrected chi connectivity index (χ4v) is 3.31. The van der Waals surface area contributed by atoms with Crippen LogP contribution < -0.4 is 5.32 Å². The molecule has 0 bridgehead atoms. The molecule has 0 aliphatic carbocycles. The van der Waals surface area contributed by atoms with E-state index in [2.05, 4.69) is 72.6 Å². The van der Waals surface area contributed by atoms with Crippen LogP contribution in [0.25, 0.3) is 0 Å². The van der Waals surface area contributed by atoms with Crippen molar-refractivity contribution in [2.24, 2.45) is 0 Å². The summed E-state index contributed by atoms with van der Waals surface area (Å²) in [6, 6.07) is 18.6. The second-order valence-corrected chi connectivity index (χ2v) is 6.93. The summed E-state index contributed by atoms with van der Waals surface area (Å²) < 4.78 is 0. The van der Waals surface area contributed by atoms with Crippen LogP contribution in [0.4, 0.5) is 0 Å². The lowest BCUT2D eigenvalue weighted by Gasteiger charge is -2.26. The van der Waals surface area contributed by atoms with Gasteiger partial charge in [0.2, 0.25) is 0 Å². The quantitative estimate of drug-likeness (QED) is 0.866. The molecule has 2 nitrogen and oxygen atoms in total. The van der Waals surface area contributed by atoms with Gasteiger partial charge >= 0.3 is 0 Å². The molecular formula is C21H28N2. The zero-order valence-electron chi connectivity index (χ0n) is 14.4. The minimum Gasteiger partial charge on any atom is -0.313 e. The first-order valence-corrected chi connectivity index (χ1v) is 8.76. The van der Waals surface area contributed by atoms with Gasteiger partial charge in [-0.15, -0.1) is 0 Å². The van der Waals surface area contributed by atoms with Gasteiger partial charge in [-0.1, -0.05) is 59.7 Å². The lowest BCUT2D eigenvalue weighted by atomic mass is 10.1. The van der Waals surface area contributed by atoms with E-state index in [1.165, 1.54) is 41.6 Å². The number of rotatable bonds is 6. The highest BCUT2D eigenvalue weighted by Crippen LogP contribution is 2.15. The number of nitrogens with zero attached hydrogens (tertiary/aromatic N) is 1. The summed E-state index contributed by atoms with van der Waals surface area (Å²) in [5.74, 6) is 0. The highest BCUT2D eigenvalue weighted by atomic mass is 15.2. The summed E-state index contributed by atoms with van der Waals surface area (Å²) >= 11 is 0. The molecule has 1 fully saturated rings. The van der Waals surface area contributed by atoms with Crippen LogP contribution in [0, 0.1) is 13.8 Å². The van der Waals surface area contributed by atoms with Crippen molar-refractivity contribution in [2.75, 3.05) is 13.1 Å². The molecule has 2 heteroatoms. The molecule has 2 aromatic rings. The molecule has 122 valence electrons. The van der Waals surface area contributed by atoms with E-state index in [1.807, 2.05) is 0 Å². The highest BCUT2D eigenvalue weighted by molar-refractivity contribution is 5.23. The maximum absolute atomic E-state index is 3.64. The van der Waals surface area contributed by atoms with Gasteiger partial charge in [-0.3, -0.25) is 4.90 Å². The van der Waals surface area contributed by atoms with Gasteiger partial charge in [-0.05, 0) is 44.4 Å². The minimum absolute atomic E-state index is 0.644. The second-order valence-electron chi connectivity index (χ2n) is 6.93. The Hall–Kier alpha value is -1.64. The fraction of sp³-hybridized carbons (Fsp3) is 0.429. The van der Waals surface area contributed by atoms with Crippen LogP contribution in [0.1, 0.15) is 35.1 Å². The van der Waals surface area contributed by atoms with E-state index in [4.69, 9.17) is 0 Å². The molecule has 1 N–H and O–H groups in total. The molecule has 0 saturated carbocycles. The van der Waals surface area contributed by atoms with E-state index >= 15 is 0 Å². The predicted molar refractivity (Wildman–Crippen MR) is 97.5 cm³/mol. The lowest BCUT2D eigenvalue weighted by Crippen LogP contribution is -2.36. The molecule has 1 aliphatic heterocycles. The van der Waals surface area contributed by atoms with E-state index in [1.54, 1.807) is 0 Å². The van der Waals surface area contributed by atoms with Crippen molar-refractivity contribution in [1.29, 1.82) is 0 Å². The number of aryl methyl sites for hydroxylation is 2. The van der Waals surface area contributed by atoms with Crippen molar-refractivity contribution in [3.63, 3.8) is 0 Å². The average molecular weight is 308 g/mol. The van der Waals surface area contributed by atoms with Gasteiger partial charge in [-0.2, -0.15) is 0 Å². The van der Waals surface area contributed by atoms with Gasteiger partial charge in [0.15, 0.2) is 0 Å². The summed E-state index contributed by atoms with van der Waals surface area (Å²) in [6.45, 7) is 8.64. The summed E-state index contributed by atoms with van der Waals surface area (Å²) in [5, 5.41) is 3.64. The highest BCUT2D eigenvalue weighted by Gasteiger charge is 2.18. The summed E-state index contributed by atoms with van der Waals surface area (Å²) in [5.41, 5.74) is 5.47. The molecule has 23 heavy (non-hydrogen) atoms. The number of hydrogen-bond acceptors (Lipinski definition) is 2. The van der Waals surface area contributed by atoms with Crippen LogP contribution in [0.2, 0.25) is 0 Å². The predicted octanol–water partition coefficient (Wildman–Crippen LogP) is 4.06. The van der Waals surface area contributed by atoms with Crippen molar-refractivity contribution in [1.82, 2.24) is 10.2 Å². The van der Waals surface area contributed by atoms with E-state index in [0.29, 0.717) is 6.04 Å². The zero-order valence-corrected chi connectivity index (χ0v) is 14.4. The van der Waals surface area contributed by atoms with Gasteiger partial charge in [-0.25, -0.2) is 0 Å². The number of hydrogen-bond donors (Lipinski definition) is 1. The van der Waals surface area contributed by atoms with Gasteiger partial charge in [0.1, 0.15) is 0 Å². The molecule has 0 radical (unpaired) electrons. The molecule has 0 amide bonds. The monoisotopic (exact) mass is 308 g/mol. The molecule has 1 saturated heterocycles. The smallest absolute Gasteiger partial charge is 0.0237 e. The SMILES string of the molecule is Cc1ccc(CN(Cc2ccc(C)cc2)CC2CCCN2)cc1. The minimum atomic E-state index is 0.644. The standard InChI is InChI=1S/C21H28N2/c1-17-5-9-19(10-6-17)14-23(16-21-4-3-13-22-21)15-20-11-7-18(2)8-12-20/h5-12,21-22H,3-4,13-16H2,1-2H3. The Bertz CT molecular complexity index is 547. The number of benzene rings is 2. The van der Waals surface area contributed by atoms with Crippen molar-refractivity contribution in [3.05, 3.63) is 70.8 Å². The number of nitrogens with one attached hydrogen (secondary N) is 1. The third-order valence-electron chi connectivity index (χ3n) is 4.69. The van der Waals surface area contributed by atoms with Gasteiger partial charge in [0.25, 0.3) is 0 Å². The van der Waals surface area contributed by atoms with Gasteiger partial charge in [0.05, 0.1) is 0 Å². The van der Waals surface area contributed by atoms with Crippen LogP contribution in [-0.4, -0.2) is 24.0 Å². The first kappa shape index (κ1) is 16.2. The van der Waals surface area contributed by atoms with Crippen molar-refractivity contribution < 1.29 is 0 Å². The molecular weight excluding hydrogens is 280 g/mol. The normalized spacial score (nSPS) is 17.8. The Kier molecular flexibility index (Phi) is 5.47. The van der Waals surface area contributed by atoms with Crippen molar-refractivity contribution in [2.45, 2.75) is 45.8 Å². The first-order chi connectivity index (χ1) is 11.2. The fourth-order valence-electron chi connectivity index (χ4n) is 3.31. The summed E-state index contributed by atoms with van der Waals surface area (Å²) in [7, 11) is 0. The second kappa shape index (κ2) is 7.76. The van der Waals surface area contributed by atoms with Crippen LogP contribution in [-0.2, 0) is 13.1 Å². The van der Waals surface area contributed by atoms with Crippen molar-refractivity contribution >= 4 is 0 Å². The molecule has 1 heterocycles. The third-order valence-corrected chi connectivity index (χ3v) is 4.69. The Morgan fingerprint density at radius 1 is 0.870 bits per heavy atom. The van der Waals surface area contributed by atoms with E-state index < -0.39 is 0 Å². The zero-order chi connectivity index (χ0) is 16.1. The van der Waals surface area contributed by atoms with Crippen LogP contribution in [0.15, 0.2) is 48.5 Å². The van der Waals surface area contributed by atoms with Crippen LogP contribution >= 0.6 is 0 Å². The molecule has 3 rings (SSSR count). The van der Waals surface area contributed by atoms with Crippen LogP contribution in [0.5, 0.6) is 0 Å².